The molecule has 0 aliphatic carbocycles. The number of allylic oxidation sites excluding steroid dienone is 1. The number of oxazole rings is 1. The first-order chi connectivity index (χ1) is 15.1. The number of aryl methyl sites for hydroxylation is 2. The van der Waals surface area contributed by atoms with Gasteiger partial charge in [-0.3, -0.25) is 4.79 Å². The number of phenols is 1. The molecule has 0 amide bonds. The lowest BCUT2D eigenvalue weighted by molar-refractivity contribution is 0.112. The zero-order chi connectivity index (χ0) is 22.1. The van der Waals surface area contributed by atoms with E-state index in [9.17, 15) is 9.90 Å². The Morgan fingerprint density at radius 1 is 0.968 bits per heavy atom. The largest absolute Gasteiger partial charge is 0.507 e. The highest BCUT2D eigenvalue weighted by Gasteiger charge is 2.14. The lowest BCUT2D eigenvalue weighted by atomic mass is 9.97. The monoisotopic (exact) mass is 417 g/mol. The summed E-state index contributed by atoms with van der Waals surface area (Å²) in [5, 5.41) is 10.7. The first-order valence-corrected chi connectivity index (χ1v) is 11.2. The second-order valence-electron chi connectivity index (χ2n) is 7.89. The Kier molecular flexibility index (Phi) is 8.22. The maximum absolute atomic E-state index is 10.7. The SMILES string of the molecule is CCCCc1cc(-c2nc(C/C=C/c3ccc(C=O)cc3)co2)cc(CCCC)c1O. The van der Waals surface area contributed by atoms with Gasteiger partial charge in [-0.05, 0) is 54.5 Å². The molecular formula is C27H31NO3. The molecule has 3 aromatic rings. The number of unbranched alkanes of at least 4 members (excludes halogenated alkanes) is 2. The number of rotatable bonds is 11. The molecule has 0 saturated heterocycles. The lowest BCUT2D eigenvalue weighted by Gasteiger charge is -2.12. The zero-order valence-corrected chi connectivity index (χ0v) is 18.4. The lowest BCUT2D eigenvalue weighted by Crippen LogP contribution is -1.95. The Labute approximate surface area is 184 Å². The van der Waals surface area contributed by atoms with Crippen LogP contribution in [0.3, 0.4) is 0 Å². The number of aromatic nitrogens is 1. The average Bonchev–Trinajstić information content (AvgIpc) is 3.27. The molecule has 3 rings (SSSR count). The van der Waals surface area contributed by atoms with Crippen molar-refractivity contribution >= 4 is 12.4 Å². The van der Waals surface area contributed by atoms with Gasteiger partial charge in [0.1, 0.15) is 18.3 Å². The van der Waals surface area contributed by atoms with E-state index in [1.165, 1.54) is 0 Å². The molecule has 1 heterocycles. The molecule has 0 radical (unpaired) electrons. The Balaban J connectivity index is 1.76. The van der Waals surface area contributed by atoms with Crippen LogP contribution < -0.4 is 0 Å². The molecule has 0 unspecified atom stereocenters. The number of carbonyl (C=O) groups is 1. The van der Waals surface area contributed by atoms with Gasteiger partial charge in [-0.2, -0.15) is 0 Å². The highest BCUT2D eigenvalue weighted by Crippen LogP contribution is 2.32. The Morgan fingerprint density at radius 2 is 1.58 bits per heavy atom. The number of aromatic hydroxyl groups is 1. The number of nitrogens with zero attached hydrogens (tertiary/aromatic N) is 1. The second kappa shape index (κ2) is 11.3. The van der Waals surface area contributed by atoms with Gasteiger partial charge in [-0.15, -0.1) is 0 Å². The van der Waals surface area contributed by atoms with Crippen molar-refractivity contribution in [1.82, 2.24) is 4.98 Å². The van der Waals surface area contributed by atoms with Crippen molar-refractivity contribution < 1.29 is 14.3 Å². The van der Waals surface area contributed by atoms with Gasteiger partial charge in [0.05, 0.1) is 5.69 Å². The minimum atomic E-state index is 0.431. The number of phenolic OH excluding ortho intramolecular Hbond substituents is 1. The fourth-order valence-corrected chi connectivity index (χ4v) is 3.53. The summed E-state index contributed by atoms with van der Waals surface area (Å²) >= 11 is 0. The van der Waals surface area contributed by atoms with Crippen LogP contribution in [0.4, 0.5) is 0 Å². The molecule has 0 atom stereocenters. The summed E-state index contributed by atoms with van der Waals surface area (Å²) in [7, 11) is 0. The van der Waals surface area contributed by atoms with E-state index in [4.69, 9.17) is 4.42 Å². The molecule has 0 aliphatic heterocycles. The minimum Gasteiger partial charge on any atom is -0.507 e. The van der Waals surface area contributed by atoms with Gasteiger partial charge >= 0.3 is 0 Å². The second-order valence-corrected chi connectivity index (χ2v) is 7.89. The van der Waals surface area contributed by atoms with E-state index in [2.05, 4.69) is 18.8 Å². The molecule has 0 saturated carbocycles. The van der Waals surface area contributed by atoms with Crippen molar-refractivity contribution in [2.24, 2.45) is 0 Å². The van der Waals surface area contributed by atoms with E-state index in [1.807, 2.05) is 36.4 Å². The van der Waals surface area contributed by atoms with Crippen LogP contribution in [-0.2, 0) is 19.3 Å². The van der Waals surface area contributed by atoms with E-state index < -0.39 is 0 Å². The third-order valence-electron chi connectivity index (χ3n) is 5.38. The van der Waals surface area contributed by atoms with Crippen LogP contribution in [0.2, 0.25) is 0 Å². The predicted octanol–water partition coefficient (Wildman–Crippen LogP) is 6.80. The van der Waals surface area contributed by atoms with E-state index in [0.717, 1.165) is 72.8 Å². The first kappa shape index (κ1) is 22.5. The van der Waals surface area contributed by atoms with Crippen molar-refractivity contribution in [3.8, 4) is 17.2 Å². The Bertz CT molecular complexity index is 986. The first-order valence-electron chi connectivity index (χ1n) is 11.2. The topological polar surface area (TPSA) is 63.3 Å². The summed E-state index contributed by atoms with van der Waals surface area (Å²) in [5.41, 5.74) is 5.44. The van der Waals surface area contributed by atoms with Crippen LogP contribution in [0.5, 0.6) is 5.75 Å². The molecule has 4 nitrogen and oxygen atoms in total. The number of hydrogen-bond acceptors (Lipinski definition) is 4. The fourth-order valence-electron chi connectivity index (χ4n) is 3.53. The zero-order valence-electron chi connectivity index (χ0n) is 18.4. The quantitative estimate of drug-likeness (QED) is 0.348. The van der Waals surface area contributed by atoms with Crippen LogP contribution in [-0.4, -0.2) is 16.4 Å². The van der Waals surface area contributed by atoms with Crippen molar-refractivity contribution in [1.29, 1.82) is 0 Å². The standard InChI is InChI=1S/C27H31NO3/c1-3-5-9-22-16-24(17-23(26(22)30)10-6-4-2)27-28-25(19-31-27)11-7-8-20-12-14-21(18-29)15-13-20/h7-8,12-19,30H,3-6,9-11H2,1-2H3/b8-7+. The molecule has 4 heteroatoms. The highest BCUT2D eigenvalue weighted by atomic mass is 16.3. The summed E-state index contributed by atoms with van der Waals surface area (Å²) in [6.07, 6.45) is 13.2. The third-order valence-corrected chi connectivity index (χ3v) is 5.38. The van der Waals surface area contributed by atoms with Crippen LogP contribution in [0.15, 0.2) is 53.2 Å². The van der Waals surface area contributed by atoms with Gasteiger partial charge in [0.2, 0.25) is 5.89 Å². The smallest absolute Gasteiger partial charge is 0.226 e. The maximum Gasteiger partial charge on any atom is 0.226 e. The minimum absolute atomic E-state index is 0.431. The number of carbonyl (C=O) groups excluding carboxylic acids is 1. The van der Waals surface area contributed by atoms with E-state index in [1.54, 1.807) is 18.4 Å². The molecular weight excluding hydrogens is 386 g/mol. The number of benzene rings is 2. The summed E-state index contributed by atoms with van der Waals surface area (Å²) in [6, 6.07) is 11.5. The molecule has 1 N–H and O–H groups in total. The summed E-state index contributed by atoms with van der Waals surface area (Å²) < 4.78 is 5.78. The Morgan fingerprint density at radius 3 is 2.16 bits per heavy atom. The fraction of sp³-hybridized carbons (Fsp3) is 0.333. The van der Waals surface area contributed by atoms with Crippen LogP contribution in [0, 0.1) is 0 Å². The van der Waals surface area contributed by atoms with Gasteiger partial charge in [-0.25, -0.2) is 4.98 Å². The van der Waals surface area contributed by atoms with Gasteiger partial charge < -0.3 is 9.52 Å². The molecule has 0 aliphatic rings. The highest BCUT2D eigenvalue weighted by molar-refractivity contribution is 5.75. The predicted molar refractivity (Wildman–Crippen MR) is 125 cm³/mol. The number of hydrogen-bond donors (Lipinski definition) is 1. The normalized spacial score (nSPS) is 11.3. The van der Waals surface area contributed by atoms with Crippen LogP contribution in [0.25, 0.3) is 17.5 Å². The average molecular weight is 418 g/mol. The van der Waals surface area contributed by atoms with Gasteiger partial charge in [0, 0.05) is 17.5 Å². The third kappa shape index (κ3) is 6.17. The maximum atomic E-state index is 10.7. The van der Waals surface area contributed by atoms with E-state index >= 15 is 0 Å². The van der Waals surface area contributed by atoms with Gasteiger partial charge in [0.25, 0.3) is 0 Å². The molecule has 2 aromatic carbocycles. The van der Waals surface area contributed by atoms with Crippen LogP contribution >= 0.6 is 0 Å². The van der Waals surface area contributed by atoms with Gasteiger partial charge in [0.15, 0.2) is 0 Å². The van der Waals surface area contributed by atoms with E-state index in [-0.39, 0.29) is 0 Å². The van der Waals surface area contributed by atoms with E-state index in [0.29, 0.717) is 23.6 Å². The molecule has 1 aromatic heterocycles. The molecule has 31 heavy (non-hydrogen) atoms. The molecule has 162 valence electrons. The van der Waals surface area contributed by atoms with Crippen LogP contribution in [0.1, 0.15) is 72.3 Å². The van der Waals surface area contributed by atoms with Gasteiger partial charge in [-0.1, -0.05) is 63.1 Å². The summed E-state index contributed by atoms with van der Waals surface area (Å²) in [5.74, 6) is 1.02. The molecule has 0 bridgehead atoms. The summed E-state index contributed by atoms with van der Waals surface area (Å²) in [4.78, 5) is 15.4. The molecule has 0 spiro atoms. The van der Waals surface area contributed by atoms with Crippen molar-refractivity contribution in [3.63, 3.8) is 0 Å². The summed E-state index contributed by atoms with van der Waals surface area (Å²) in [6.45, 7) is 4.31. The Hall–Kier alpha value is -3.14. The van der Waals surface area contributed by atoms with Crippen molar-refractivity contribution in [2.75, 3.05) is 0 Å². The van der Waals surface area contributed by atoms with Crippen molar-refractivity contribution in [3.05, 3.63) is 76.7 Å². The molecule has 0 fully saturated rings. The number of aldehydes is 1. The van der Waals surface area contributed by atoms with Crippen molar-refractivity contribution in [2.45, 2.75) is 58.8 Å².